The second kappa shape index (κ2) is 5.24. The van der Waals surface area contributed by atoms with Crippen molar-refractivity contribution in [3.63, 3.8) is 0 Å². The highest BCUT2D eigenvalue weighted by molar-refractivity contribution is 5.79. The van der Waals surface area contributed by atoms with E-state index in [1.54, 1.807) is 0 Å². The number of nitrogens with zero attached hydrogens (tertiary/aromatic N) is 2. The Kier molecular flexibility index (Phi) is 3.81. The zero-order valence-corrected chi connectivity index (χ0v) is 14.1. The predicted molar refractivity (Wildman–Crippen MR) is 85.1 cm³/mol. The Labute approximate surface area is 129 Å². The molecule has 120 valence electrons. The van der Waals surface area contributed by atoms with Crippen LogP contribution >= 0.6 is 0 Å². The van der Waals surface area contributed by atoms with Crippen molar-refractivity contribution >= 4 is 5.91 Å². The molecule has 2 bridgehead atoms. The van der Waals surface area contributed by atoms with Crippen LogP contribution in [0.4, 0.5) is 0 Å². The molecule has 0 aromatic rings. The van der Waals surface area contributed by atoms with Gasteiger partial charge in [0.15, 0.2) is 0 Å². The first-order valence-electron chi connectivity index (χ1n) is 8.55. The molecular weight excluding hydrogens is 262 g/mol. The Balaban J connectivity index is 1.59. The van der Waals surface area contributed by atoms with Crippen LogP contribution in [0.25, 0.3) is 0 Å². The van der Waals surface area contributed by atoms with E-state index in [0.717, 1.165) is 32.1 Å². The molecule has 2 saturated carbocycles. The highest BCUT2D eigenvalue weighted by Crippen LogP contribution is 2.61. The molecule has 4 nitrogen and oxygen atoms in total. The minimum Gasteiger partial charge on any atom is -0.349 e. The van der Waals surface area contributed by atoms with E-state index in [1.165, 1.54) is 19.3 Å². The fourth-order valence-corrected chi connectivity index (χ4v) is 4.91. The van der Waals surface area contributed by atoms with E-state index in [-0.39, 0.29) is 16.9 Å². The SMILES string of the molecule is CN1CCN(CC(=O)N[C@]2(C)[C@@H]3CC[C@@H](C3)C2(C)C)CC1. The lowest BCUT2D eigenvalue weighted by Crippen LogP contribution is -2.61. The summed E-state index contributed by atoms with van der Waals surface area (Å²) in [5, 5.41) is 3.44. The number of fused-ring (bicyclic) bond motifs is 2. The molecule has 1 amide bonds. The molecule has 0 aromatic heterocycles. The van der Waals surface area contributed by atoms with Crippen LogP contribution in [0.15, 0.2) is 0 Å². The van der Waals surface area contributed by atoms with Gasteiger partial charge in [-0.25, -0.2) is 0 Å². The molecule has 2 aliphatic carbocycles. The number of hydrogen-bond acceptors (Lipinski definition) is 3. The van der Waals surface area contributed by atoms with E-state index in [2.05, 4.69) is 42.9 Å². The number of piperazine rings is 1. The summed E-state index contributed by atoms with van der Waals surface area (Å²) in [5.74, 6) is 1.69. The van der Waals surface area contributed by atoms with Gasteiger partial charge in [0.2, 0.25) is 5.91 Å². The Morgan fingerprint density at radius 1 is 1.10 bits per heavy atom. The largest absolute Gasteiger partial charge is 0.349 e. The first kappa shape index (κ1) is 15.3. The molecule has 1 saturated heterocycles. The van der Waals surface area contributed by atoms with Gasteiger partial charge in [0.05, 0.1) is 6.54 Å². The summed E-state index contributed by atoms with van der Waals surface area (Å²) in [4.78, 5) is 17.2. The van der Waals surface area contributed by atoms with Crippen LogP contribution in [0.1, 0.15) is 40.0 Å². The summed E-state index contributed by atoms with van der Waals surface area (Å²) >= 11 is 0. The molecule has 0 radical (unpaired) electrons. The molecule has 21 heavy (non-hydrogen) atoms. The number of likely N-dealkylation sites (N-methyl/N-ethyl adjacent to an activating group) is 1. The van der Waals surface area contributed by atoms with Crippen LogP contribution in [0, 0.1) is 17.3 Å². The third kappa shape index (κ3) is 2.50. The van der Waals surface area contributed by atoms with Crippen molar-refractivity contribution in [2.24, 2.45) is 17.3 Å². The zero-order valence-electron chi connectivity index (χ0n) is 14.1. The average molecular weight is 293 g/mol. The van der Waals surface area contributed by atoms with Gasteiger partial charge in [-0.15, -0.1) is 0 Å². The molecule has 3 atom stereocenters. The predicted octanol–water partition coefficient (Wildman–Crippen LogP) is 1.56. The van der Waals surface area contributed by atoms with Gasteiger partial charge in [-0.1, -0.05) is 13.8 Å². The number of carbonyl (C=O) groups excluding carboxylic acids is 1. The molecule has 3 rings (SSSR count). The van der Waals surface area contributed by atoms with Crippen molar-refractivity contribution in [1.82, 2.24) is 15.1 Å². The Morgan fingerprint density at radius 2 is 1.71 bits per heavy atom. The molecule has 1 aliphatic heterocycles. The normalized spacial score (nSPS) is 39.6. The van der Waals surface area contributed by atoms with Crippen molar-refractivity contribution in [2.75, 3.05) is 39.8 Å². The first-order valence-corrected chi connectivity index (χ1v) is 8.55. The van der Waals surface area contributed by atoms with Gasteiger partial charge in [-0.2, -0.15) is 0 Å². The van der Waals surface area contributed by atoms with Crippen molar-refractivity contribution in [1.29, 1.82) is 0 Å². The highest BCUT2D eigenvalue weighted by atomic mass is 16.2. The molecule has 0 spiro atoms. The van der Waals surface area contributed by atoms with Gasteiger partial charge in [0.1, 0.15) is 0 Å². The summed E-state index contributed by atoms with van der Waals surface area (Å²) in [7, 11) is 2.15. The molecule has 1 N–H and O–H groups in total. The fourth-order valence-electron chi connectivity index (χ4n) is 4.91. The summed E-state index contributed by atoms with van der Waals surface area (Å²) in [6.07, 6.45) is 3.94. The van der Waals surface area contributed by atoms with Crippen LogP contribution in [-0.4, -0.2) is 61.0 Å². The summed E-state index contributed by atoms with van der Waals surface area (Å²) in [5.41, 5.74) is 0.216. The van der Waals surface area contributed by atoms with Gasteiger partial charge in [-0.05, 0) is 50.5 Å². The number of amides is 1. The number of hydrogen-bond donors (Lipinski definition) is 1. The van der Waals surface area contributed by atoms with Crippen LogP contribution in [0.5, 0.6) is 0 Å². The molecule has 0 aromatic carbocycles. The third-order valence-corrected chi connectivity index (χ3v) is 6.97. The monoisotopic (exact) mass is 293 g/mol. The smallest absolute Gasteiger partial charge is 0.234 e. The lowest BCUT2D eigenvalue weighted by Gasteiger charge is -2.48. The van der Waals surface area contributed by atoms with E-state index in [1.807, 2.05) is 0 Å². The maximum atomic E-state index is 12.6. The fraction of sp³-hybridized carbons (Fsp3) is 0.941. The van der Waals surface area contributed by atoms with Crippen LogP contribution in [0.2, 0.25) is 0 Å². The van der Waals surface area contributed by atoms with Gasteiger partial charge < -0.3 is 10.2 Å². The maximum Gasteiger partial charge on any atom is 0.234 e. The second-order valence-electron chi connectivity index (χ2n) is 8.26. The number of carbonyl (C=O) groups is 1. The summed E-state index contributed by atoms with van der Waals surface area (Å²) in [6.45, 7) is 11.7. The van der Waals surface area contributed by atoms with Crippen LogP contribution in [0.3, 0.4) is 0 Å². The topological polar surface area (TPSA) is 35.6 Å². The van der Waals surface area contributed by atoms with Crippen LogP contribution < -0.4 is 5.32 Å². The first-order chi connectivity index (χ1) is 9.83. The highest BCUT2D eigenvalue weighted by Gasteiger charge is 2.60. The van der Waals surface area contributed by atoms with E-state index in [4.69, 9.17) is 0 Å². The van der Waals surface area contributed by atoms with Gasteiger partial charge in [-0.3, -0.25) is 9.69 Å². The average Bonchev–Trinajstić information content (AvgIpc) is 2.96. The molecule has 3 fully saturated rings. The number of rotatable bonds is 3. The van der Waals surface area contributed by atoms with Gasteiger partial charge in [0.25, 0.3) is 0 Å². The van der Waals surface area contributed by atoms with Crippen molar-refractivity contribution in [2.45, 2.75) is 45.6 Å². The van der Waals surface area contributed by atoms with Gasteiger partial charge in [0, 0.05) is 31.7 Å². The van der Waals surface area contributed by atoms with E-state index in [9.17, 15) is 4.79 Å². The molecule has 1 heterocycles. The van der Waals surface area contributed by atoms with Crippen molar-refractivity contribution in [3.8, 4) is 0 Å². The minimum absolute atomic E-state index is 0.0143. The van der Waals surface area contributed by atoms with E-state index < -0.39 is 0 Å². The lowest BCUT2D eigenvalue weighted by atomic mass is 9.64. The molecule has 3 aliphatic rings. The summed E-state index contributed by atoms with van der Waals surface area (Å²) < 4.78 is 0. The van der Waals surface area contributed by atoms with Crippen molar-refractivity contribution in [3.05, 3.63) is 0 Å². The quantitative estimate of drug-likeness (QED) is 0.858. The Hall–Kier alpha value is -0.610. The Morgan fingerprint density at radius 3 is 2.29 bits per heavy atom. The molecular formula is C17H31N3O. The van der Waals surface area contributed by atoms with E-state index in [0.29, 0.717) is 12.5 Å². The van der Waals surface area contributed by atoms with E-state index >= 15 is 0 Å². The van der Waals surface area contributed by atoms with Crippen LogP contribution in [-0.2, 0) is 4.79 Å². The van der Waals surface area contributed by atoms with Crippen molar-refractivity contribution < 1.29 is 4.79 Å². The zero-order chi connectivity index (χ0) is 15.3. The van der Waals surface area contributed by atoms with Gasteiger partial charge >= 0.3 is 0 Å². The second-order valence-corrected chi connectivity index (χ2v) is 8.26. The lowest BCUT2D eigenvalue weighted by molar-refractivity contribution is -0.127. The standard InChI is InChI=1S/C17H31N3O/c1-16(2)13-5-6-14(11-13)17(16,3)18-15(21)12-20-9-7-19(4)8-10-20/h13-14H,5-12H2,1-4H3,(H,18,21)/t13-,14+,17+/m0/s1. The Bertz CT molecular complexity index is 414. The number of nitrogens with one attached hydrogen (secondary N) is 1. The maximum absolute atomic E-state index is 12.6. The minimum atomic E-state index is -0.0143. The summed E-state index contributed by atoms with van der Waals surface area (Å²) in [6, 6.07) is 0. The molecule has 0 unspecified atom stereocenters. The third-order valence-electron chi connectivity index (χ3n) is 6.97. The molecule has 4 heteroatoms.